The Hall–Kier alpha value is -8.99. The fraction of sp³-hybridized carbons (Fsp3) is 0. The largest absolute Gasteiger partial charge is 0.309 e. The molecule has 0 aliphatic carbocycles. The van der Waals surface area contributed by atoms with E-state index < -0.39 is 0 Å². The summed E-state index contributed by atoms with van der Waals surface area (Å²) in [5.74, 6) is 1.91. The fourth-order valence-electron chi connectivity index (χ4n) is 10.00. The molecule has 13 aromatic rings. The third kappa shape index (κ3) is 6.74. The second-order valence-electron chi connectivity index (χ2n) is 17.2. The molecule has 0 N–H and O–H groups in total. The minimum Gasteiger partial charge on any atom is -0.309 e. The quantitative estimate of drug-likeness (QED) is 0.150. The van der Waals surface area contributed by atoms with Crippen LogP contribution in [0.2, 0.25) is 0 Å². The lowest BCUT2D eigenvalue weighted by Crippen LogP contribution is -2.01. The molecule has 0 fully saturated rings. The summed E-state index contributed by atoms with van der Waals surface area (Å²) in [6.07, 6.45) is 0. The highest BCUT2D eigenvalue weighted by molar-refractivity contribution is 6.25. The van der Waals surface area contributed by atoms with E-state index in [1.54, 1.807) is 0 Å². The zero-order valence-electron chi connectivity index (χ0n) is 36.4. The molecule has 2 heterocycles. The molecule has 312 valence electrons. The van der Waals surface area contributed by atoms with Crippen LogP contribution in [-0.4, -0.2) is 19.5 Å². The van der Waals surface area contributed by atoms with E-state index in [0.29, 0.717) is 17.5 Å². The summed E-state index contributed by atoms with van der Waals surface area (Å²) >= 11 is 0. The number of benzene rings is 11. The normalized spacial score (nSPS) is 11.6. The van der Waals surface area contributed by atoms with Gasteiger partial charge in [0.2, 0.25) is 0 Å². The molecule has 11 aromatic carbocycles. The number of rotatable bonds is 7. The molecule has 0 aliphatic heterocycles. The predicted molar refractivity (Wildman–Crippen MR) is 279 cm³/mol. The van der Waals surface area contributed by atoms with Gasteiger partial charge in [-0.2, -0.15) is 0 Å². The van der Waals surface area contributed by atoms with Gasteiger partial charge in [-0.15, -0.1) is 0 Å². The van der Waals surface area contributed by atoms with Crippen LogP contribution in [-0.2, 0) is 0 Å². The van der Waals surface area contributed by atoms with Gasteiger partial charge in [-0.05, 0) is 114 Å². The van der Waals surface area contributed by atoms with E-state index >= 15 is 0 Å². The van der Waals surface area contributed by atoms with Gasteiger partial charge in [0.1, 0.15) is 0 Å². The first kappa shape index (κ1) is 38.5. The first-order valence-corrected chi connectivity index (χ1v) is 22.8. The van der Waals surface area contributed by atoms with E-state index in [9.17, 15) is 0 Å². The number of hydrogen-bond acceptors (Lipinski definition) is 3. The van der Waals surface area contributed by atoms with Crippen LogP contribution in [0, 0.1) is 0 Å². The van der Waals surface area contributed by atoms with E-state index in [0.717, 1.165) is 33.4 Å². The van der Waals surface area contributed by atoms with E-state index in [1.807, 2.05) is 60.7 Å². The zero-order valence-corrected chi connectivity index (χ0v) is 36.4. The van der Waals surface area contributed by atoms with Crippen LogP contribution in [0.5, 0.6) is 0 Å². The first-order chi connectivity index (χ1) is 33.2. The smallest absolute Gasteiger partial charge is 0.164 e. The Labute approximate surface area is 387 Å². The molecule has 0 amide bonds. The second kappa shape index (κ2) is 15.9. The van der Waals surface area contributed by atoms with Crippen molar-refractivity contribution < 1.29 is 0 Å². The molecule has 0 saturated carbocycles. The third-order valence-electron chi connectivity index (χ3n) is 13.2. The van der Waals surface area contributed by atoms with Gasteiger partial charge in [0.15, 0.2) is 17.5 Å². The molecule has 67 heavy (non-hydrogen) atoms. The molecule has 4 nitrogen and oxygen atoms in total. The standard InChI is InChI=1S/C63H40N4/c1-3-16-41(17-4-1)61-64-62(42-18-5-2-6-19-42)66-63(65-61)49-24-15-25-50(38-49)67-59-31-12-11-30-56(59)58-40-48(33-35-60(58)67)46-23-14-21-44(37-46)43-20-13-22-45(36-43)47-32-34-55-53-28-8-7-26-51(53)52-27-9-10-29-54(52)57(55)39-47/h1-40H. The van der Waals surface area contributed by atoms with E-state index in [4.69, 9.17) is 15.0 Å². The van der Waals surface area contributed by atoms with Gasteiger partial charge < -0.3 is 4.57 Å². The number of para-hydroxylation sites is 1. The summed E-state index contributed by atoms with van der Waals surface area (Å²) in [6.45, 7) is 0. The van der Waals surface area contributed by atoms with Gasteiger partial charge >= 0.3 is 0 Å². The summed E-state index contributed by atoms with van der Waals surface area (Å²) < 4.78 is 2.36. The molecular formula is C63H40N4. The molecule has 0 aliphatic rings. The lowest BCUT2D eigenvalue weighted by atomic mass is 9.91. The van der Waals surface area contributed by atoms with Crippen molar-refractivity contribution >= 4 is 54.1 Å². The van der Waals surface area contributed by atoms with Gasteiger partial charge in [0.25, 0.3) is 0 Å². The van der Waals surface area contributed by atoms with Crippen LogP contribution >= 0.6 is 0 Å². The van der Waals surface area contributed by atoms with Crippen LogP contribution in [0.4, 0.5) is 0 Å². The molecule has 13 rings (SSSR count). The van der Waals surface area contributed by atoms with Crippen molar-refractivity contribution in [2.24, 2.45) is 0 Å². The summed E-state index contributed by atoms with van der Waals surface area (Å²) in [5, 5.41) is 10.1. The molecule has 0 spiro atoms. The van der Waals surface area contributed by atoms with Gasteiger partial charge in [0.05, 0.1) is 11.0 Å². The van der Waals surface area contributed by atoms with Crippen molar-refractivity contribution in [1.29, 1.82) is 0 Å². The Morgan fingerprint density at radius 1 is 0.209 bits per heavy atom. The van der Waals surface area contributed by atoms with Crippen molar-refractivity contribution in [3.63, 3.8) is 0 Å². The van der Waals surface area contributed by atoms with Crippen LogP contribution in [0.3, 0.4) is 0 Å². The van der Waals surface area contributed by atoms with Crippen molar-refractivity contribution in [3.8, 4) is 73.2 Å². The summed E-state index contributed by atoms with van der Waals surface area (Å²) in [6, 6.07) is 86.7. The van der Waals surface area contributed by atoms with E-state index in [-0.39, 0.29) is 0 Å². The Bertz CT molecular complexity index is 3950. The molecular weight excluding hydrogens is 813 g/mol. The maximum Gasteiger partial charge on any atom is 0.164 e. The maximum atomic E-state index is 5.04. The highest BCUT2D eigenvalue weighted by atomic mass is 15.0. The molecule has 0 unspecified atom stereocenters. The molecule has 0 atom stereocenters. The monoisotopic (exact) mass is 852 g/mol. The summed E-state index contributed by atoms with van der Waals surface area (Å²) in [4.78, 5) is 15.0. The van der Waals surface area contributed by atoms with Gasteiger partial charge in [0, 0.05) is 33.2 Å². The number of nitrogens with zero attached hydrogens (tertiary/aromatic N) is 4. The van der Waals surface area contributed by atoms with Crippen LogP contribution < -0.4 is 0 Å². The molecule has 0 radical (unpaired) electrons. The van der Waals surface area contributed by atoms with E-state index in [1.165, 1.54) is 76.5 Å². The van der Waals surface area contributed by atoms with Gasteiger partial charge in [-0.1, -0.05) is 194 Å². The highest BCUT2D eigenvalue weighted by Crippen LogP contribution is 2.40. The van der Waals surface area contributed by atoms with Crippen molar-refractivity contribution in [2.45, 2.75) is 0 Å². The number of fused-ring (bicyclic) bond motifs is 9. The summed E-state index contributed by atoms with van der Waals surface area (Å²) in [7, 11) is 0. The SMILES string of the molecule is c1ccc(-c2nc(-c3ccccc3)nc(-c3cccc(-n4c5ccccc5c5cc(-c6cccc(-c7cccc(-c8ccc9c%10ccccc%10c%10ccccc%10c9c8)c7)c6)ccc54)c3)n2)cc1. The van der Waals surface area contributed by atoms with Gasteiger partial charge in [-0.3, -0.25) is 0 Å². The fourth-order valence-corrected chi connectivity index (χ4v) is 10.00. The van der Waals surface area contributed by atoms with Crippen LogP contribution in [0.15, 0.2) is 243 Å². The Balaban J connectivity index is 0.870. The zero-order chi connectivity index (χ0) is 44.3. The Morgan fingerprint density at radius 3 is 1.15 bits per heavy atom. The first-order valence-electron chi connectivity index (χ1n) is 22.8. The summed E-state index contributed by atoms with van der Waals surface area (Å²) in [5.41, 5.74) is 13.2. The van der Waals surface area contributed by atoms with Crippen molar-refractivity contribution in [3.05, 3.63) is 243 Å². The maximum absolute atomic E-state index is 5.04. The molecule has 0 bridgehead atoms. The Kier molecular flexibility index (Phi) is 9.14. The Morgan fingerprint density at radius 2 is 0.582 bits per heavy atom. The van der Waals surface area contributed by atoms with Crippen LogP contribution in [0.25, 0.3) is 127 Å². The van der Waals surface area contributed by atoms with Crippen molar-refractivity contribution in [1.82, 2.24) is 19.5 Å². The minimum absolute atomic E-state index is 0.627. The lowest BCUT2D eigenvalue weighted by molar-refractivity contribution is 1.07. The van der Waals surface area contributed by atoms with E-state index in [2.05, 4.69) is 187 Å². The predicted octanol–water partition coefficient (Wildman–Crippen LogP) is 16.4. The van der Waals surface area contributed by atoms with Crippen LogP contribution in [0.1, 0.15) is 0 Å². The highest BCUT2D eigenvalue weighted by Gasteiger charge is 2.17. The number of hydrogen-bond donors (Lipinski definition) is 0. The van der Waals surface area contributed by atoms with Gasteiger partial charge in [-0.25, -0.2) is 15.0 Å². The number of aromatic nitrogens is 4. The average Bonchev–Trinajstić information content (AvgIpc) is 3.75. The molecule has 4 heteroatoms. The topological polar surface area (TPSA) is 43.6 Å². The minimum atomic E-state index is 0.627. The van der Waals surface area contributed by atoms with Crippen molar-refractivity contribution in [2.75, 3.05) is 0 Å². The molecule has 0 saturated heterocycles. The second-order valence-corrected chi connectivity index (χ2v) is 17.2. The lowest BCUT2D eigenvalue weighted by Gasteiger charge is -2.13. The third-order valence-corrected chi connectivity index (χ3v) is 13.2. The molecule has 2 aromatic heterocycles. The average molecular weight is 853 g/mol.